The van der Waals surface area contributed by atoms with Crippen molar-refractivity contribution < 1.29 is 0 Å². The zero-order valence-electron chi connectivity index (χ0n) is 11.6. The van der Waals surface area contributed by atoms with Crippen LogP contribution in [0.4, 0.5) is 0 Å². The first-order valence-corrected chi connectivity index (χ1v) is 7.17. The lowest BCUT2D eigenvalue weighted by molar-refractivity contribution is 0.115. The monoisotopic (exact) mass is 226 g/mol. The van der Waals surface area contributed by atoms with Crippen molar-refractivity contribution in [3.05, 3.63) is 0 Å². The Morgan fingerprint density at radius 3 is 2.31 bits per heavy atom. The molecule has 0 aromatic rings. The summed E-state index contributed by atoms with van der Waals surface area (Å²) in [6.07, 6.45) is 5.73. The molecule has 1 fully saturated rings. The first-order valence-electron chi connectivity index (χ1n) is 7.17. The summed E-state index contributed by atoms with van der Waals surface area (Å²) < 4.78 is 0. The van der Waals surface area contributed by atoms with Crippen LogP contribution in [0.25, 0.3) is 0 Å². The minimum atomic E-state index is 0.715. The summed E-state index contributed by atoms with van der Waals surface area (Å²) in [5.74, 6) is 0.750. The predicted molar refractivity (Wildman–Crippen MR) is 71.8 cm³/mol. The molecule has 0 bridgehead atoms. The maximum absolute atomic E-state index is 3.47. The molecule has 0 heterocycles. The Morgan fingerprint density at radius 2 is 1.81 bits per heavy atom. The van der Waals surface area contributed by atoms with Gasteiger partial charge in [-0.3, -0.25) is 4.90 Å². The number of nitrogens with one attached hydrogen (secondary N) is 1. The third-order valence-corrected chi connectivity index (χ3v) is 4.22. The molecule has 1 saturated carbocycles. The van der Waals surface area contributed by atoms with Crippen LogP contribution in [0.3, 0.4) is 0 Å². The summed E-state index contributed by atoms with van der Waals surface area (Å²) in [5.41, 5.74) is 0. The van der Waals surface area contributed by atoms with Crippen LogP contribution in [0.1, 0.15) is 53.4 Å². The van der Waals surface area contributed by atoms with Crippen LogP contribution in [0.5, 0.6) is 0 Å². The number of rotatable bonds is 7. The lowest BCUT2D eigenvalue weighted by atomic mass is 9.99. The zero-order valence-corrected chi connectivity index (χ0v) is 11.6. The minimum absolute atomic E-state index is 0.715. The van der Waals surface area contributed by atoms with E-state index >= 15 is 0 Å². The van der Waals surface area contributed by atoms with E-state index in [4.69, 9.17) is 0 Å². The van der Waals surface area contributed by atoms with E-state index in [9.17, 15) is 0 Å². The topological polar surface area (TPSA) is 15.3 Å². The molecule has 1 aliphatic carbocycles. The van der Waals surface area contributed by atoms with Gasteiger partial charge in [-0.1, -0.05) is 33.6 Å². The third kappa shape index (κ3) is 3.74. The van der Waals surface area contributed by atoms with E-state index in [0.29, 0.717) is 6.04 Å². The van der Waals surface area contributed by atoms with Gasteiger partial charge in [0.05, 0.1) is 0 Å². The number of nitrogens with zero attached hydrogens (tertiary/aromatic N) is 1. The molecule has 0 saturated heterocycles. The van der Waals surface area contributed by atoms with Gasteiger partial charge < -0.3 is 5.32 Å². The van der Waals surface area contributed by atoms with Crippen LogP contribution in [-0.4, -0.2) is 36.6 Å². The molecule has 2 nitrogen and oxygen atoms in total. The maximum Gasteiger partial charge on any atom is 0.0107 e. The molecule has 2 heteroatoms. The van der Waals surface area contributed by atoms with E-state index in [-0.39, 0.29) is 0 Å². The van der Waals surface area contributed by atoms with Gasteiger partial charge in [-0.25, -0.2) is 0 Å². The zero-order chi connectivity index (χ0) is 12.0. The second-order valence-electron chi connectivity index (χ2n) is 5.29. The summed E-state index contributed by atoms with van der Waals surface area (Å²) in [6, 6.07) is 1.58. The molecular weight excluding hydrogens is 196 g/mol. The predicted octanol–water partition coefficient (Wildman–Crippen LogP) is 2.89. The van der Waals surface area contributed by atoms with E-state index in [1.807, 2.05) is 0 Å². The molecule has 0 aromatic carbocycles. The molecule has 96 valence electrons. The van der Waals surface area contributed by atoms with Gasteiger partial charge in [0.2, 0.25) is 0 Å². The second kappa shape index (κ2) is 7.29. The standard InChI is InChI=1S/C14H30N2/c1-5-15-11-12(3)13(4)16(6-2)14-9-7-8-10-14/h12-15H,5-11H2,1-4H3. The second-order valence-corrected chi connectivity index (χ2v) is 5.29. The average Bonchev–Trinajstić information content (AvgIpc) is 2.80. The molecule has 2 atom stereocenters. The lowest BCUT2D eigenvalue weighted by Crippen LogP contribution is -2.45. The normalized spacial score (nSPS) is 21.6. The summed E-state index contributed by atoms with van der Waals surface area (Å²) in [4.78, 5) is 2.73. The van der Waals surface area contributed by atoms with Crippen molar-refractivity contribution in [3.63, 3.8) is 0 Å². The molecule has 1 rings (SSSR count). The van der Waals surface area contributed by atoms with Crippen molar-refractivity contribution in [3.8, 4) is 0 Å². The van der Waals surface area contributed by atoms with E-state index in [0.717, 1.165) is 25.0 Å². The molecule has 0 aliphatic heterocycles. The fraction of sp³-hybridized carbons (Fsp3) is 1.00. The summed E-state index contributed by atoms with van der Waals surface area (Å²) in [6.45, 7) is 12.7. The highest BCUT2D eigenvalue weighted by atomic mass is 15.2. The lowest BCUT2D eigenvalue weighted by Gasteiger charge is -2.37. The van der Waals surface area contributed by atoms with Gasteiger partial charge in [0, 0.05) is 12.1 Å². The van der Waals surface area contributed by atoms with Gasteiger partial charge in [0.15, 0.2) is 0 Å². The Balaban J connectivity index is 2.43. The van der Waals surface area contributed by atoms with Gasteiger partial charge in [-0.15, -0.1) is 0 Å². The van der Waals surface area contributed by atoms with Gasteiger partial charge in [-0.05, 0) is 45.3 Å². The molecule has 0 spiro atoms. The fourth-order valence-electron chi connectivity index (χ4n) is 2.98. The highest BCUT2D eigenvalue weighted by Crippen LogP contribution is 2.26. The first-order chi connectivity index (χ1) is 7.70. The fourth-order valence-corrected chi connectivity index (χ4v) is 2.98. The van der Waals surface area contributed by atoms with Gasteiger partial charge in [-0.2, -0.15) is 0 Å². The first kappa shape index (κ1) is 14.0. The molecular formula is C14H30N2. The number of hydrogen-bond acceptors (Lipinski definition) is 2. The minimum Gasteiger partial charge on any atom is -0.317 e. The van der Waals surface area contributed by atoms with Crippen LogP contribution in [0.2, 0.25) is 0 Å². The van der Waals surface area contributed by atoms with Crippen LogP contribution in [0.15, 0.2) is 0 Å². The maximum atomic E-state index is 3.47. The Morgan fingerprint density at radius 1 is 1.19 bits per heavy atom. The molecule has 16 heavy (non-hydrogen) atoms. The SMILES string of the molecule is CCNCC(C)C(C)N(CC)C1CCCC1. The highest BCUT2D eigenvalue weighted by molar-refractivity contribution is 4.83. The largest absolute Gasteiger partial charge is 0.317 e. The quantitative estimate of drug-likeness (QED) is 0.718. The molecule has 1 aliphatic rings. The summed E-state index contributed by atoms with van der Waals surface area (Å²) >= 11 is 0. The Bertz CT molecular complexity index is 176. The summed E-state index contributed by atoms with van der Waals surface area (Å²) in [7, 11) is 0. The van der Waals surface area contributed by atoms with E-state index in [2.05, 4.69) is 37.9 Å². The summed E-state index contributed by atoms with van der Waals surface area (Å²) in [5, 5.41) is 3.47. The Kier molecular flexibility index (Phi) is 6.37. The van der Waals surface area contributed by atoms with Crippen molar-refractivity contribution in [1.82, 2.24) is 10.2 Å². The van der Waals surface area contributed by atoms with Gasteiger partial charge >= 0.3 is 0 Å². The van der Waals surface area contributed by atoms with E-state index in [1.165, 1.54) is 32.2 Å². The smallest absolute Gasteiger partial charge is 0.0107 e. The third-order valence-electron chi connectivity index (χ3n) is 4.22. The van der Waals surface area contributed by atoms with E-state index < -0.39 is 0 Å². The Hall–Kier alpha value is -0.0800. The van der Waals surface area contributed by atoms with Crippen molar-refractivity contribution in [1.29, 1.82) is 0 Å². The molecule has 2 unspecified atom stereocenters. The number of hydrogen-bond donors (Lipinski definition) is 1. The van der Waals surface area contributed by atoms with Crippen molar-refractivity contribution >= 4 is 0 Å². The highest BCUT2D eigenvalue weighted by Gasteiger charge is 2.27. The van der Waals surface area contributed by atoms with Gasteiger partial charge in [0.1, 0.15) is 0 Å². The van der Waals surface area contributed by atoms with Crippen LogP contribution in [0, 0.1) is 5.92 Å². The van der Waals surface area contributed by atoms with Crippen molar-refractivity contribution in [2.45, 2.75) is 65.5 Å². The molecule has 0 radical (unpaired) electrons. The average molecular weight is 226 g/mol. The molecule has 0 aromatic heterocycles. The van der Waals surface area contributed by atoms with Gasteiger partial charge in [0.25, 0.3) is 0 Å². The Labute approximate surface area is 102 Å². The van der Waals surface area contributed by atoms with Crippen molar-refractivity contribution in [2.75, 3.05) is 19.6 Å². The van der Waals surface area contributed by atoms with Crippen molar-refractivity contribution in [2.24, 2.45) is 5.92 Å². The molecule has 0 amide bonds. The van der Waals surface area contributed by atoms with Crippen LogP contribution in [-0.2, 0) is 0 Å². The molecule has 1 N–H and O–H groups in total. The van der Waals surface area contributed by atoms with Crippen LogP contribution >= 0.6 is 0 Å². The van der Waals surface area contributed by atoms with E-state index in [1.54, 1.807) is 0 Å². The van der Waals surface area contributed by atoms with Crippen LogP contribution < -0.4 is 5.32 Å².